The highest BCUT2D eigenvalue weighted by Crippen LogP contribution is 2.22. The second-order valence-corrected chi connectivity index (χ2v) is 7.23. The van der Waals surface area contributed by atoms with Gasteiger partial charge in [-0.25, -0.2) is 9.89 Å². The summed E-state index contributed by atoms with van der Waals surface area (Å²) in [6, 6.07) is 0.301. The third-order valence-electron chi connectivity index (χ3n) is 4.02. The van der Waals surface area contributed by atoms with Crippen LogP contribution in [0.2, 0.25) is 0 Å². The third kappa shape index (κ3) is 4.63. The number of thioether (sulfide) groups is 1. The first-order valence-electron chi connectivity index (χ1n) is 8.24. The summed E-state index contributed by atoms with van der Waals surface area (Å²) < 4.78 is 1.60. The maximum atomic E-state index is 12.3. The molecular formula is C15H26N4O2S. The molecule has 124 valence electrons. The van der Waals surface area contributed by atoms with Gasteiger partial charge in [-0.1, -0.05) is 44.4 Å². The average molecular weight is 326 g/mol. The van der Waals surface area contributed by atoms with Crippen molar-refractivity contribution in [3.05, 3.63) is 10.5 Å². The minimum atomic E-state index is -0.256. The number of aromatic amines is 1. The van der Waals surface area contributed by atoms with Gasteiger partial charge in [0.1, 0.15) is 0 Å². The number of amides is 1. The standard InChI is InChI=1S/C15H26N4O2S/c1-3-10-19-14(21)17-18-15(19)22-11(2)13(20)16-12-8-6-4-5-7-9-12/h11-12H,3-10H2,1-2H3,(H,16,20)(H,17,21)/t11-/m1/s1. The van der Waals surface area contributed by atoms with Crippen LogP contribution in [0.4, 0.5) is 0 Å². The third-order valence-corrected chi connectivity index (χ3v) is 5.11. The normalized spacial score (nSPS) is 17.9. The van der Waals surface area contributed by atoms with Crippen LogP contribution in [0, 0.1) is 0 Å². The second-order valence-electron chi connectivity index (χ2n) is 5.92. The molecule has 1 aromatic rings. The van der Waals surface area contributed by atoms with Gasteiger partial charge in [0.2, 0.25) is 5.91 Å². The zero-order valence-electron chi connectivity index (χ0n) is 13.4. The number of aromatic nitrogens is 3. The largest absolute Gasteiger partial charge is 0.352 e. The van der Waals surface area contributed by atoms with E-state index in [-0.39, 0.29) is 16.8 Å². The summed E-state index contributed by atoms with van der Waals surface area (Å²) in [5.74, 6) is 0.0374. The molecule has 2 N–H and O–H groups in total. The van der Waals surface area contributed by atoms with Crippen LogP contribution < -0.4 is 11.0 Å². The number of carbonyl (C=O) groups excluding carboxylic acids is 1. The van der Waals surface area contributed by atoms with Crippen LogP contribution in [-0.4, -0.2) is 32.0 Å². The van der Waals surface area contributed by atoms with E-state index in [0.29, 0.717) is 17.7 Å². The maximum absolute atomic E-state index is 12.3. The summed E-state index contributed by atoms with van der Waals surface area (Å²) in [7, 11) is 0. The van der Waals surface area contributed by atoms with Gasteiger partial charge in [0.05, 0.1) is 5.25 Å². The maximum Gasteiger partial charge on any atom is 0.343 e. The quantitative estimate of drug-likeness (QED) is 0.621. The Morgan fingerprint density at radius 1 is 1.41 bits per heavy atom. The van der Waals surface area contributed by atoms with Crippen LogP contribution in [0.15, 0.2) is 9.95 Å². The van der Waals surface area contributed by atoms with Crippen molar-refractivity contribution >= 4 is 17.7 Å². The Balaban J connectivity index is 1.92. The van der Waals surface area contributed by atoms with Crippen LogP contribution in [0.25, 0.3) is 0 Å². The number of nitrogens with one attached hydrogen (secondary N) is 2. The first kappa shape index (κ1) is 17.1. The van der Waals surface area contributed by atoms with Gasteiger partial charge >= 0.3 is 5.69 Å². The molecule has 1 aliphatic rings. The van der Waals surface area contributed by atoms with Gasteiger partial charge in [-0.3, -0.25) is 9.36 Å². The molecule has 1 aromatic heterocycles. The molecule has 0 saturated heterocycles. The molecule has 1 heterocycles. The van der Waals surface area contributed by atoms with Crippen LogP contribution >= 0.6 is 11.8 Å². The molecule has 0 bridgehead atoms. The SMILES string of the molecule is CCCn1c(S[C@H](C)C(=O)NC2CCCCCC2)n[nH]c1=O. The van der Waals surface area contributed by atoms with E-state index in [1.54, 1.807) is 4.57 Å². The highest BCUT2D eigenvalue weighted by Gasteiger charge is 2.22. The summed E-state index contributed by atoms with van der Waals surface area (Å²) in [6.07, 6.45) is 7.94. The molecule has 1 amide bonds. The van der Waals surface area contributed by atoms with Crippen molar-refractivity contribution in [3.8, 4) is 0 Å². The summed E-state index contributed by atoms with van der Waals surface area (Å²) in [4.78, 5) is 24.0. The van der Waals surface area contributed by atoms with Crippen LogP contribution in [0.5, 0.6) is 0 Å². The predicted octanol–water partition coefficient (Wildman–Crippen LogP) is 2.30. The van der Waals surface area contributed by atoms with Crippen molar-refractivity contribution in [3.63, 3.8) is 0 Å². The summed E-state index contributed by atoms with van der Waals surface area (Å²) in [6.45, 7) is 4.50. The van der Waals surface area contributed by atoms with Crippen LogP contribution in [0.3, 0.4) is 0 Å². The minimum Gasteiger partial charge on any atom is -0.352 e. The Labute approximate surface area is 135 Å². The van der Waals surface area contributed by atoms with Crippen molar-refractivity contribution in [1.29, 1.82) is 0 Å². The van der Waals surface area contributed by atoms with Gasteiger partial charge in [0.15, 0.2) is 5.16 Å². The van der Waals surface area contributed by atoms with Gasteiger partial charge in [-0.05, 0) is 26.2 Å². The number of carbonyl (C=O) groups is 1. The van der Waals surface area contributed by atoms with Gasteiger partial charge in [0.25, 0.3) is 0 Å². The predicted molar refractivity (Wildman–Crippen MR) is 88.1 cm³/mol. The molecule has 0 aromatic carbocycles. The lowest BCUT2D eigenvalue weighted by atomic mass is 10.1. The van der Waals surface area contributed by atoms with E-state index >= 15 is 0 Å². The fraction of sp³-hybridized carbons (Fsp3) is 0.800. The fourth-order valence-electron chi connectivity index (χ4n) is 2.77. The number of nitrogens with zero attached hydrogens (tertiary/aromatic N) is 2. The van der Waals surface area contributed by atoms with E-state index in [9.17, 15) is 9.59 Å². The second kappa shape index (κ2) is 8.41. The van der Waals surface area contributed by atoms with E-state index in [1.807, 2.05) is 13.8 Å². The molecule has 2 rings (SSSR count). The Kier molecular flexibility index (Phi) is 6.54. The van der Waals surface area contributed by atoms with Gasteiger partial charge in [-0.2, -0.15) is 0 Å². The molecule has 7 heteroatoms. The first-order chi connectivity index (χ1) is 10.6. The van der Waals surface area contributed by atoms with Crippen molar-refractivity contribution in [2.45, 2.75) is 81.8 Å². The van der Waals surface area contributed by atoms with Crippen molar-refractivity contribution in [2.75, 3.05) is 0 Å². The molecule has 1 fully saturated rings. The molecule has 0 radical (unpaired) electrons. The number of hydrogen-bond acceptors (Lipinski definition) is 4. The first-order valence-corrected chi connectivity index (χ1v) is 9.12. The Bertz CT molecular complexity index is 532. The smallest absolute Gasteiger partial charge is 0.343 e. The molecule has 0 unspecified atom stereocenters. The topological polar surface area (TPSA) is 79.8 Å². The minimum absolute atomic E-state index is 0.0374. The summed E-state index contributed by atoms with van der Waals surface area (Å²) in [5, 5.41) is 9.98. The number of rotatable bonds is 6. The molecule has 0 aliphatic heterocycles. The summed E-state index contributed by atoms with van der Waals surface area (Å²) >= 11 is 1.34. The van der Waals surface area contributed by atoms with Crippen molar-refractivity contribution < 1.29 is 4.79 Å². The molecule has 1 aliphatic carbocycles. The average Bonchev–Trinajstić information content (AvgIpc) is 2.70. The van der Waals surface area contributed by atoms with E-state index in [1.165, 1.54) is 37.4 Å². The zero-order valence-corrected chi connectivity index (χ0v) is 14.2. The van der Waals surface area contributed by atoms with Crippen molar-refractivity contribution in [1.82, 2.24) is 20.1 Å². The van der Waals surface area contributed by atoms with Crippen molar-refractivity contribution in [2.24, 2.45) is 0 Å². The molecule has 1 atom stereocenters. The van der Waals surface area contributed by atoms with Gasteiger partial charge < -0.3 is 5.32 Å². The van der Waals surface area contributed by atoms with Crippen LogP contribution in [0.1, 0.15) is 58.8 Å². The Morgan fingerprint density at radius 3 is 2.73 bits per heavy atom. The van der Waals surface area contributed by atoms with Crippen LogP contribution in [-0.2, 0) is 11.3 Å². The van der Waals surface area contributed by atoms with Gasteiger partial charge in [0, 0.05) is 12.6 Å². The fourth-order valence-corrected chi connectivity index (χ4v) is 3.66. The highest BCUT2D eigenvalue weighted by molar-refractivity contribution is 8.00. The lowest BCUT2D eigenvalue weighted by Crippen LogP contribution is -2.39. The lowest BCUT2D eigenvalue weighted by Gasteiger charge is -2.19. The monoisotopic (exact) mass is 326 g/mol. The van der Waals surface area contributed by atoms with Gasteiger partial charge in [-0.15, -0.1) is 5.10 Å². The lowest BCUT2D eigenvalue weighted by molar-refractivity contribution is -0.121. The van der Waals surface area contributed by atoms with E-state index in [4.69, 9.17) is 0 Å². The molecule has 22 heavy (non-hydrogen) atoms. The van der Waals surface area contributed by atoms with E-state index in [2.05, 4.69) is 15.5 Å². The number of hydrogen-bond donors (Lipinski definition) is 2. The highest BCUT2D eigenvalue weighted by atomic mass is 32.2. The Morgan fingerprint density at radius 2 is 2.09 bits per heavy atom. The molecule has 0 spiro atoms. The number of H-pyrrole nitrogens is 1. The Hall–Kier alpha value is -1.24. The zero-order chi connectivity index (χ0) is 15.9. The molecular weight excluding hydrogens is 300 g/mol. The van der Waals surface area contributed by atoms with E-state index < -0.39 is 0 Å². The summed E-state index contributed by atoms with van der Waals surface area (Å²) in [5.41, 5.74) is -0.208. The molecule has 6 nitrogen and oxygen atoms in total. The van der Waals surface area contributed by atoms with E-state index in [0.717, 1.165) is 19.3 Å². The molecule has 1 saturated carbocycles.